The van der Waals surface area contributed by atoms with Crippen molar-refractivity contribution in [2.45, 2.75) is 26.4 Å². The summed E-state index contributed by atoms with van der Waals surface area (Å²) >= 11 is 0. The van der Waals surface area contributed by atoms with Gasteiger partial charge in [0.15, 0.2) is 0 Å². The topological polar surface area (TPSA) is 39.4 Å². The van der Waals surface area contributed by atoms with E-state index < -0.39 is 17.4 Å². The van der Waals surface area contributed by atoms with Crippen molar-refractivity contribution in [3.8, 4) is 11.3 Å². The molecule has 0 unspecified atom stereocenters. The molecule has 2 rings (SSSR count). The molecule has 19 heavy (non-hydrogen) atoms. The van der Waals surface area contributed by atoms with Crippen LogP contribution in [0, 0.1) is 5.82 Å². The molecule has 100 valence electrons. The first-order chi connectivity index (χ1) is 8.87. The van der Waals surface area contributed by atoms with Gasteiger partial charge in [-0.2, -0.15) is 0 Å². The Morgan fingerprint density at radius 2 is 2.00 bits per heavy atom. The fourth-order valence-corrected chi connectivity index (χ4v) is 1.61. The van der Waals surface area contributed by atoms with Crippen LogP contribution in [0.5, 0.6) is 0 Å². The highest BCUT2D eigenvalue weighted by molar-refractivity contribution is 5.91. The molecule has 3 nitrogen and oxygen atoms in total. The van der Waals surface area contributed by atoms with Crippen molar-refractivity contribution in [3.63, 3.8) is 0 Å². The van der Waals surface area contributed by atoms with E-state index in [1.54, 1.807) is 32.9 Å². The lowest BCUT2D eigenvalue weighted by Gasteiger charge is -2.19. The van der Waals surface area contributed by atoms with Crippen LogP contribution in [-0.2, 0) is 4.74 Å². The Morgan fingerprint density at radius 1 is 1.26 bits per heavy atom. The molecule has 0 saturated carbocycles. The standard InChI is InChI=1S/C15H15FO3/c1-15(2,3)19-14(17)10-6-7-12(16)11(9-10)13-5-4-8-18-13/h4-9H,1-3H3. The molecule has 0 aliphatic heterocycles. The van der Waals surface area contributed by atoms with Crippen LogP contribution in [-0.4, -0.2) is 11.6 Å². The Balaban J connectivity index is 2.34. The van der Waals surface area contributed by atoms with Crippen LogP contribution in [0.25, 0.3) is 11.3 Å². The van der Waals surface area contributed by atoms with E-state index in [2.05, 4.69) is 0 Å². The van der Waals surface area contributed by atoms with Gasteiger partial charge in [0.25, 0.3) is 0 Å². The Hall–Kier alpha value is -2.10. The quantitative estimate of drug-likeness (QED) is 0.767. The van der Waals surface area contributed by atoms with E-state index in [1.807, 2.05) is 0 Å². The zero-order valence-electron chi connectivity index (χ0n) is 11.1. The highest BCUT2D eigenvalue weighted by Gasteiger charge is 2.19. The molecule has 1 aromatic carbocycles. The fourth-order valence-electron chi connectivity index (χ4n) is 1.61. The third-order valence-corrected chi connectivity index (χ3v) is 2.39. The average molecular weight is 262 g/mol. The molecule has 0 atom stereocenters. The maximum atomic E-state index is 13.7. The summed E-state index contributed by atoms with van der Waals surface area (Å²) in [5.41, 5.74) is -0.0489. The molecule has 0 spiro atoms. The Labute approximate surface area is 111 Å². The largest absolute Gasteiger partial charge is 0.464 e. The summed E-state index contributed by atoms with van der Waals surface area (Å²) in [5.74, 6) is -0.550. The van der Waals surface area contributed by atoms with Gasteiger partial charge in [-0.1, -0.05) is 0 Å². The zero-order valence-corrected chi connectivity index (χ0v) is 11.1. The molecule has 0 fully saturated rings. The van der Waals surface area contributed by atoms with Crippen molar-refractivity contribution in [2.75, 3.05) is 0 Å². The second kappa shape index (κ2) is 4.88. The lowest BCUT2D eigenvalue weighted by molar-refractivity contribution is 0.00695. The number of carbonyl (C=O) groups excluding carboxylic acids is 1. The summed E-state index contributed by atoms with van der Waals surface area (Å²) in [4.78, 5) is 11.9. The monoisotopic (exact) mass is 262 g/mol. The molecule has 0 amide bonds. The fraction of sp³-hybridized carbons (Fsp3) is 0.267. The van der Waals surface area contributed by atoms with Gasteiger partial charge in [0.05, 0.1) is 17.4 Å². The molecule has 0 bridgehead atoms. The third kappa shape index (κ3) is 3.22. The van der Waals surface area contributed by atoms with E-state index >= 15 is 0 Å². The van der Waals surface area contributed by atoms with Crippen LogP contribution in [0.4, 0.5) is 4.39 Å². The molecule has 0 saturated heterocycles. The lowest BCUT2D eigenvalue weighted by Crippen LogP contribution is -2.23. The number of esters is 1. The van der Waals surface area contributed by atoms with Gasteiger partial charge in [-0.05, 0) is 51.1 Å². The first-order valence-electron chi connectivity index (χ1n) is 5.93. The first kappa shape index (κ1) is 13.3. The van der Waals surface area contributed by atoms with Crippen LogP contribution < -0.4 is 0 Å². The Kier molecular flexibility index (Phi) is 3.42. The zero-order chi connectivity index (χ0) is 14.0. The minimum absolute atomic E-state index is 0.244. The third-order valence-electron chi connectivity index (χ3n) is 2.39. The number of halogens is 1. The Morgan fingerprint density at radius 3 is 2.58 bits per heavy atom. The van der Waals surface area contributed by atoms with Gasteiger partial charge < -0.3 is 9.15 Å². The smallest absolute Gasteiger partial charge is 0.338 e. The number of benzene rings is 1. The van der Waals surface area contributed by atoms with Crippen molar-refractivity contribution in [1.82, 2.24) is 0 Å². The van der Waals surface area contributed by atoms with Crippen LogP contribution >= 0.6 is 0 Å². The van der Waals surface area contributed by atoms with Gasteiger partial charge in [-0.15, -0.1) is 0 Å². The number of rotatable bonds is 2. The van der Waals surface area contributed by atoms with E-state index in [1.165, 1.54) is 24.5 Å². The summed E-state index contributed by atoms with van der Waals surface area (Å²) in [6.45, 7) is 5.34. The van der Waals surface area contributed by atoms with Gasteiger partial charge in [0, 0.05) is 0 Å². The predicted molar refractivity (Wildman–Crippen MR) is 69.3 cm³/mol. The second-order valence-corrected chi connectivity index (χ2v) is 5.17. The molecular formula is C15H15FO3. The highest BCUT2D eigenvalue weighted by Crippen LogP contribution is 2.25. The van der Waals surface area contributed by atoms with E-state index in [0.717, 1.165) is 0 Å². The molecule has 1 heterocycles. The van der Waals surface area contributed by atoms with Gasteiger partial charge >= 0.3 is 5.97 Å². The highest BCUT2D eigenvalue weighted by atomic mass is 19.1. The molecule has 0 aliphatic rings. The van der Waals surface area contributed by atoms with Gasteiger partial charge in [-0.3, -0.25) is 0 Å². The van der Waals surface area contributed by atoms with E-state index in [-0.39, 0.29) is 5.56 Å². The van der Waals surface area contributed by atoms with Crippen molar-refractivity contribution >= 4 is 5.97 Å². The normalized spacial score (nSPS) is 11.4. The average Bonchev–Trinajstić information content (AvgIpc) is 2.80. The minimum Gasteiger partial charge on any atom is -0.464 e. The van der Waals surface area contributed by atoms with Gasteiger partial charge in [-0.25, -0.2) is 9.18 Å². The number of ether oxygens (including phenoxy) is 1. The summed E-state index contributed by atoms with van der Waals surface area (Å²) in [6, 6.07) is 7.36. The maximum absolute atomic E-state index is 13.7. The maximum Gasteiger partial charge on any atom is 0.338 e. The molecule has 0 N–H and O–H groups in total. The van der Waals surface area contributed by atoms with E-state index in [9.17, 15) is 9.18 Å². The molecule has 0 aliphatic carbocycles. The predicted octanol–water partition coefficient (Wildman–Crippen LogP) is 4.04. The van der Waals surface area contributed by atoms with Crippen LogP contribution in [0.1, 0.15) is 31.1 Å². The van der Waals surface area contributed by atoms with Crippen molar-refractivity contribution in [2.24, 2.45) is 0 Å². The van der Waals surface area contributed by atoms with E-state index in [4.69, 9.17) is 9.15 Å². The second-order valence-electron chi connectivity index (χ2n) is 5.17. The molecule has 4 heteroatoms. The van der Waals surface area contributed by atoms with Crippen molar-refractivity contribution in [1.29, 1.82) is 0 Å². The molecular weight excluding hydrogens is 247 g/mol. The van der Waals surface area contributed by atoms with E-state index in [0.29, 0.717) is 11.3 Å². The summed E-state index contributed by atoms with van der Waals surface area (Å²) < 4.78 is 24.1. The molecule has 2 aromatic rings. The SMILES string of the molecule is CC(C)(C)OC(=O)c1ccc(F)c(-c2ccco2)c1. The van der Waals surface area contributed by atoms with Crippen molar-refractivity contribution < 1.29 is 18.3 Å². The van der Waals surface area contributed by atoms with Crippen molar-refractivity contribution in [3.05, 3.63) is 48.0 Å². The van der Waals surface area contributed by atoms with Crippen LogP contribution in [0.2, 0.25) is 0 Å². The van der Waals surface area contributed by atoms with Crippen LogP contribution in [0.3, 0.4) is 0 Å². The summed E-state index contributed by atoms with van der Waals surface area (Å²) in [6.07, 6.45) is 1.45. The van der Waals surface area contributed by atoms with Gasteiger partial charge in [0.2, 0.25) is 0 Å². The Bertz CT molecular complexity index is 580. The number of carbonyl (C=O) groups is 1. The number of furan rings is 1. The lowest BCUT2D eigenvalue weighted by atomic mass is 10.1. The summed E-state index contributed by atoms with van der Waals surface area (Å²) in [5, 5.41) is 0. The van der Waals surface area contributed by atoms with Gasteiger partial charge in [0.1, 0.15) is 17.2 Å². The molecule has 1 aromatic heterocycles. The van der Waals surface area contributed by atoms with Crippen LogP contribution in [0.15, 0.2) is 41.0 Å². The first-order valence-corrected chi connectivity index (χ1v) is 5.93. The number of hydrogen-bond donors (Lipinski definition) is 0. The summed E-state index contributed by atoms with van der Waals surface area (Å²) in [7, 11) is 0. The molecule has 0 radical (unpaired) electrons. The number of hydrogen-bond acceptors (Lipinski definition) is 3. The minimum atomic E-state index is -0.587.